The molecule has 0 aliphatic carbocycles. The first kappa shape index (κ1) is 14.7. The van der Waals surface area contributed by atoms with E-state index in [1.807, 2.05) is 19.9 Å². The number of carbonyl (C=O) groups is 1. The van der Waals surface area contributed by atoms with Crippen LogP contribution in [0.5, 0.6) is 0 Å². The number of benzene rings is 1. The number of nitrogens with one attached hydrogen (secondary N) is 1. The van der Waals surface area contributed by atoms with Crippen LogP contribution in [-0.4, -0.2) is 33.6 Å². The van der Waals surface area contributed by atoms with Crippen molar-refractivity contribution in [1.82, 2.24) is 15.1 Å². The van der Waals surface area contributed by atoms with Crippen LogP contribution in [0.3, 0.4) is 0 Å². The van der Waals surface area contributed by atoms with Crippen molar-refractivity contribution in [3.63, 3.8) is 0 Å². The molecule has 0 aliphatic rings. The minimum absolute atomic E-state index is 0.0571. The van der Waals surface area contributed by atoms with E-state index in [2.05, 4.69) is 10.2 Å². The maximum absolute atomic E-state index is 12.6. The van der Waals surface area contributed by atoms with Crippen LogP contribution in [0, 0.1) is 11.3 Å². The molecule has 0 aliphatic heterocycles. The Bertz CT molecular complexity index is 758. The number of nitrogens with zero attached hydrogens (tertiary/aromatic N) is 3. The molecule has 0 atom stereocenters. The lowest BCUT2D eigenvalue weighted by atomic mass is 10.1. The van der Waals surface area contributed by atoms with Crippen molar-refractivity contribution in [2.75, 3.05) is 6.54 Å². The highest BCUT2D eigenvalue weighted by atomic mass is 16.2. The summed E-state index contributed by atoms with van der Waals surface area (Å²) in [7, 11) is 0. The van der Waals surface area contributed by atoms with Gasteiger partial charge in [0.1, 0.15) is 0 Å². The van der Waals surface area contributed by atoms with Gasteiger partial charge in [-0.1, -0.05) is 18.2 Å². The molecule has 1 heterocycles. The second kappa shape index (κ2) is 6.18. The van der Waals surface area contributed by atoms with E-state index in [0.29, 0.717) is 17.3 Å². The lowest BCUT2D eigenvalue weighted by molar-refractivity contribution is 0.0705. The van der Waals surface area contributed by atoms with Crippen molar-refractivity contribution in [2.45, 2.75) is 26.3 Å². The summed E-state index contributed by atoms with van der Waals surface area (Å²) in [6.45, 7) is 4.09. The molecule has 0 saturated heterocycles. The van der Waals surface area contributed by atoms with Crippen molar-refractivity contribution in [1.29, 1.82) is 5.26 Å². The first-order valence-corrected chi connectivity index (χ1v) is 6.71. The number of nitriles is 1. The Morgan fingerprint density at radius 3 is 2.67 bits per heavy atom. The van der Waals surface area contributed by atoms with Gasteiger partial charge in [-0.2, -0.15) is 10.4 Å². The largest absolute Gasteiger partial charge is 0.334 e. The number of fused-ring (bicyclic) bond motifs is 1. The summed E-state index contributed by atoms with van der Waals surface area (Å²) >= 11 is 0. The Hall–Kier alpha value is -2.68. The monoisotopic (exact) mass is 284 g/mol. The normalized spacial score (nSPS) is 10.6. The first-order chi connectivity index (χ1) is 10.1. The Labute approximate surface area is 122 Å². The topological polar surface area (TPSA) is 89.8 Å². The fraction of sp³-hybridized carbons (Fsp3) is 0.333. The maximum Gasteiger partial charge on any atom is 0.275 e. The Morgan fingerprint density at radius 1 is 1.38 bits per heavy atom. The highest BCUT2D eigenvalue weighted by Crippen LogP contribution is 2.15. The summed E-state index contributed by atoms with van der Waals surface area (Å²) in [6.07, 6.45) is 0.255. The third-order valence-electron chi connectivity index (χ3n) is 3.25. The molecule has 0 radical (unpaired) electrons. The lowest BCUT2D eigenvalue weighted by Crippen LogP contribution is -2.38. The van der Waals surface area contributed by atoms with Crippen LogP contribution < -0.4 is 5.56 Å². The van der Waals surface area contributed by atoms with Gasteiger partial charge in [-0.3, -0.25) is 9.59 Å². The number of H-pyrrole nitrogens is 1. The third kappa shape index (κ3) is 2.92. The summed E-state index contributed by atoms with van der Waals surface area (Å²) in [5.74, 6) is -0.285. The van der Waals surface area contributed by atoms with Gasteiger partial charge in [0.15, 0.2) is 5.69 Å². The molecule has 1 amide bonds. The van der Waals surface area contributed by atoms with Gasteiger partial charge >= 0.3 is 0 Å². The van der Waals surface area contributed by atoms with Crippen LogP contribution in [0.25, 0.3) is 10.8 Å². The molecule has 2 rings (SSSR count). The average molecular weight is 284 g/mol. The zero-order valence-corrected chi connectivity index (χ0v) is 12.0. The number of hydrogen-bond donors (Lipinski definition) is 1. The smallest absolute Gasteiger partial charge is 0.275 e. The predicted octanol–water partition coefficient (Wildman–Crippen LogP) is 1.69. The molecule has 2 aromatic rings. The van der Waals surface area contributed by atoms with Crippen LogP contribution in [0.1, 0.15) is 30.8 Å². The van der Waals surface area contributed by atoms with Crippen molar-refractivity contribution in [3.05, 3.63) is 40.3 Å². The number of aromatic amines is 1. The van der Waals surface area contributed by atoms with Crippen LogP contribution in [0.4, 0.5) is 0 Å². The fourth-order valence-electron chi connectivity index (χ4n) is 2.18. The Kier molecular flexibility index (Phi) is 4.33. The predicted molar refractivity (Wildman–Crippen MR) is 78.8 cm³/mol. The number of rotatable bonds is 4. The molecule has 1 aromatic heterocycles. The molecule has 0 unspecified atom stereocenters. The Morgan fingerprint density at radius 2 is 2.05 bits per heavy atom. The second-order valence-corrected chi connectivity index (χ2v) is 4.95. The molecule has 0 bridgehead atoms. The molecule has 1 aromatic carbocycles. The standard InChI is InChI=1S/C15H16N4O2/c1-10(2)19(9-5-8-16)15(21)13-11-6-3-4-7-12(11)14(20)18-17-13/h3-4,6-7,10H,5,9H2,1-2H3,(H,18,20). The van der Waals surface area contributed by atoms with E-state index < -0.39 is 0 Å². The molecule has 0 spiro atoms. The molecule has 1 N–H and O–H groups in total. The molecule has 0 fully saturated rings. The van der Waals surface area contributed by atoms with Gasteiger partial charge in [0, 0.05) is 18.0 Å². The molecule has 6 heteroatoms. The number of amides is 1. The summed E-state index contributed by atoms with van der Waals surface area (Å²) in [4.78, 5) is 26.0. The van der Waals surface area contributed by atoms with E-state index >= 15 is 0 Å². The minimum Gasteiger partial charge on any atom is -0.334 e. The van der Waals surface area contributed by atoms with Gasteiger partial charge in [-0.15, -0.1) is 0 Å². The van der Waals surface area contributed by atoms with Gasteiger partial charge < -0.3 is 4.90 Å². The molecule has 108 valence electrons. The van der Waals surface area contributed by atoms with Crippen LogP contribution >= 0.6 is 0 Å². The summed E-state index contributed by atoms with van der Waals surface area (Å²) in [5.41, 5.74) is -0.118. The maximum atomic E-state index is 12.6. The summed E-state index contributed by atoms with van der Waals surface area (Å²) in [5, 5.41) is 15.9. The Balaban J connectivity index is 2.50. The third-order valence-corrected chi connectivity index (χ3v) is 3.25. The molecular formula is C15H16N4O2. The zero-order chi connectivity index (χ0) is 15.4. The minimum atomic E-state index is -0.324. The van der Waals surface area contributed by atoms with Crippen molar-refractivity contribution in [2.24, 2.45) is 0 Å². The summed E-state index contributed by atoms with van der Waals surface area (Å²) in [6, 6.07) is 8.83. The molecule has 0 saturated carbocycles. The van der Waals surface area contributed by atoms with Crippen LogP contribution in [0.15, 0.2) is 29.1 Å². The molecule has 21 heavy (non-hydrogen) atoms. The van der Waals surface area contributed by atoms with Gasteiger partial charge in [-0.05, 0) is 19.9 Å². The van der Waals surface area contributed by atoms with E-state index in [9.17, 15) is 9.59 Å². The fourth-order valence-corrected chi connectivity index (χ4v) is 2.18. The van der Waals surface area contributed by atoms with Gasteiger partial charge in [-0.25, -0.2) is 5.10 Å². The molecular weight excluding hydrogens is 268 g/mol. The van der Waals surface area contributed by atoms with Crippen molar-refractivity contribution < 1.29 is 4.79 Å². The second-order valence-electron chi connectivity index (χ2n) is 4.95. The van der Waals surface area contributed by atoms with E-state index in [-0.39, 0.29) is 29.6 Å². The van der Waals surface area contributed by atoms with Gasteiger partial charge in [0.2, 0.25) is 0 Å². The van der Waals surface area contributed by atoms with E-state index in [0.717, 1.165) is 0 Å². The van der Waals surface area contributed by atoms with Crippen LogP contribution in [-0.2, 0) is 0 Å². The lowest BCUT2D eigenvalue weighted by Gasteiger charge is -2.25. The van der Waals surface area contributed by atoms with Crippen molar-refractivity contribution >= 4 is 16.7 Å². The van der Waals surface area contributed by atoms with Gasteiger partial charge in [0.05, 0.1) is 17.9 Å². The number of carbonyl (C=O) groups excluding carboxylic acids is 1. The van der Waals surface area contributed by atoms with E-state index in [4.69, 9.17) is 5.26 Å². The highest BCUT2D eigenvalue weighted by Gasteiger charge is 2.22. The SMILES string of the molecule is CC(C)N(CCC#N)C(=O)c1n[nH]c(=O)c2ccccc12. The number of aromatic nitrogens is 2. The first-order valence-electron chi connectivity index (χ1n) is 6.71. The highest BCUT2D eigenvalue weighted by molar-refractivity contribution is 6.04. The summed E-state index contributed by atoms with van der Waals surface area (Å²) < 4.78 is 0. The zero-order valence-electron chi connectivity index (χ0n) is 12.0. The van der Waals surface area contributed by atoms with Crippen molar-refractivity contribution in [3.8, 4) is 6.07 Å². The molecule has 6 nitrogen and oxygen atoms in total. The van der Waals surface area contributed by atoms with E-state index in [1.165, 1.54) is 0 Å². The van der Waals surface area contributed by atoms with E-state index in [1.54, 1.807) is 29.2 Å². The van der Waals surface area contributed by atoms with Gasteiger partial charge in [0.25, 0.3) is 11.5 Å². The number of hydrogen-bond acceptors (Lipinski definition) is 4. The van der Waals surface area contributed by atoms with Crippen LogP contribution in [0.2, 0.25) is 0 Å². The quantitative estimate of drug-likeness (QED) is 0.925. The average Bonchev–Trinajstić information content (AvgIpc) is 2.48.